The van der Waals surface area contributed by atoms with Gasteiger partial charge in [-0.3, -0.25) is 0 Å². The highest BCUT2D eigenvalue weighted by Gasteiger charge is 2.25. The van der Waals surface area contributed by atoms with Crippen molar-refractivity contribution in [1.82, 2.24) is 0 Å². The molecular formula is C16H23BrFN. The van der Waals surface area contributed by atoms with Crippen molar-refractivity contribution in [2.75, 3.05) is 0 Å². The van der Waals surface area contributed by atoms with E-state index < -0.39 is 0 Å². The van der Waals surface area contributed by atoms with Crippen molar-refractivity contribution in [3.8, 4) is 0 Å². The quantitative estimate of drug-likeness (QED) is 0.854. The van der Waals surface area contributed by atoms with Crippen molar-refractivity contribution < 1.29 is 4.39 Å². The van der Waals surface area contributed by atoms with Gasteiger partial charge in [0.15, 0.2) is 0 Å². The lowest BCUT2D eigenvalue weighted by Gasteiger charge is -2.31. The second-order valence-electron chi connectivity index (χ2n) is 5.79. The molecule has 0 bridgehead atoms. The van der Waals surface area contributed by atoms with Crippen LogP contribution < -0.4 is 5.73 Å². The maximum Gasteiger partial charge on any atom is 0.127 e. The molecule has 1 aromatic rings. The summed E-state index contributed by atoms with van der Waals surface area (Å²) in [5, 5.41) is 0. The molecule has 19 heavy (non-hydrogen) atoms. The highest BCUT2D eigenvalue weighted by atomic mass is 79.9. The highest BCUT2D eigenvalue weighted by molar-refractivity contribution is 9.10. The van der Waals surface area contributed by atoms with E-state index in [2.05, 4.69) is 22.9 Å². The van der Waals surface area contributed by atoms with Crippen molar-refractivity contribution in [3.05, 3.63) is 34.1 Å². The molecule has 1 nitrogen and oxygen atoms in total. The van der Waals surface area contributed by atoms with Gasteiger partial charge >= 0.3 is 0 Å². The van der Waals surface area contributed by atoms with Crippen LogP contribution in [0.15, 0.2) is 22.7 Å². The van der Waals surface area contributed by atoms with Crippen LogP contribution in [0.25, 0.3) is 0 Å². The zero-order valence-corrected chi connectivity index (χ0v) is 13.1. The molecule has 1 aromatic carbocycles. The van der Waals surface area contributed by atoms with Crippen LogP contribution in [-0.4, -0.2) is 6.04 Å². The Morgan fingerprint density at radius 2 is 2.00 bits per heavy atom. The second-order valence-corrected chi connectivity index (χ2v) is 6.71. The van der Waals surface area contributed by atoms with E-state index in [0.717, 1.165) is 16.0 Å². The van der Waals surface area contributed by atoms with E-state index in [0.29, 0.717) is 12.3 Å². The van der Waals surface area contributed by atoms with Gasteiger partial charge in [0.05, 0.1) is 0 Å². The summed E-state index contributed by atoms with van der Waals surface area (Å²) in [5.41, 5.74) is 7.04. The number of halogens is 2. The average Bonchev–Trinajstić information content (AvgIpc) is 2.42. The molecule has 0 aromatic heterocycles. The van der Waals surface area contributed by atoms with Gasteiger partial charge in [-0.1, -0.05) is 48.2 Å². The van der Waals surface area contributed by atoms with Gasteiger partial charge in [-0.15, -0.1) is 0 Å². The lowest BCUT2D eigenvalue weighted by Crippen LogP contribution is -2.35. The Kier molecular flexibility index (Phi) is 5.40. The molecule has 0 saturated heterocycles. The third-order valence-electron chi connectivity index (χ3n) is 4.54. The standard InChI is InChI=1S/C16H23BrFN/c1-2-11-3-5-12(6-4-11)16(19)9-13-7-8-14(17)10-15(13)18/h7-8,10-12,16H,2-6,9,19H2,1H3. The Labute approximate surface area is 123 Å². The first-order chi connectivity index (χ1) is 9.10. The second kappa shape index (κ2) is 6.85. The zero-order chi connectivity index (χ0) is 13.8. The van der Waals surface area contributed by atoms with Crippen LogP contribution in [0.2, 0.25) is 0 Å². The molecule has 1 aliphatic rings. The Bertz CT molecular complexity index is 413. The lowest BCUT2D eigenvalue weighted by molar-refractivity contribution is 0.237. The molecule has 106 valence electrons. The summed E-state index contributed by atoms with van der Waals surface area (Å²) in [6.45, 7) is 2.27. The van der Waals surface area contributed by atoms with Crippen LogP contribution in [0.5, 0.6) is 0 Å². The number of hydrogen-bond donors (Lipinski definition) is 1. The molecule has 2 rings (SSSR count). The maximum atomic E-state index is 13.8. The molecule has 1 aliphatic carbocycles. The average molecular weight is 328 g/mol. The van der Waals surface area contributed by atoms with Gasteiger partial charge in [-0.25, -0.2) is 4.39 Å². The summed E-state index contributed by atoms with van der Waals surface area (Å²) in [6.07, 6.45) is 6.93. The summed E-state index contributed by atoms with van der Waals surface area (Å²) in [7, 11) is 0. The summed E-state index contributed by atoms with van der Waals surface area (Å²) in [6, 6.07) is 5.35. The van der Waals surface area contributed by atoms with Crippen LogP contribution in [0.4, 0.5) is 4.39 Å². The van der Waals surface area contributed by atoms with Gasteiger partial charge in [0.2, 0.25) is 0 Å². The first kappa shape index (κ1) is 15.0. The number of rotatable bonds is 4. The number of hydrogen-bond acceptors (Lipinski definition) is 1. The number of nitrogens with two attached hydrogens (primary N) is 1. The van der Waals surface area contributed by atoms with E-state index in [9.17, 15) is 4.39 Å². The molecular weight excluding hydrogens is 305 g/mol. The normalized spacial score (nSPS) is 25.3. The molecule has 3 heteroatoms. The summed E-state index contributed by atoms with van der Waals surface area (Å²) in [4.78, 5) is 0. The number of benzene rings is 1. The molecule has 0 spiro atoms. The lowest BCUT2D eigenvalue weighted by atomic mass is 9.76. The van der Waals surface area contributed by atoms with Gasteiger partial charge in [0, 0.05) is 10.5 Å². The minimum atomic E-state index is -0.146. The first-order valence-electron chi connectivity index (χ1n) is 7.29. The molecule has 1 saturated carbocycles. The predicted octanol–water partition coefficient (Wildman–Crippen LogP) is 4.67. The van der Waals surface area contributed by atoms with E-state index in [1.165, 1.54) is 38.2 Å². The largest absolute Gasteiger partial charge is 0.327 e. The third-order valence-corrected chi connectivity index (χ3v) is 5.04. The van der Waals surface area contributed by atoms with Crippen LogP contribution in [0, 0.1) is 17.7 Å². The first-order valence-corrected chi connectivity index (χ1v) is 8.09. The Balaban J connectivity index is 1.92. The summed E-state index contributed by atoms with van der Waals surface area (Å²) in [5.74, 6) is 1.30. The van der Waals surface area contributed by atoms with E-state index in [1.54, 1.807) is 0 Å². The molecule has 2 N–H and O–H groups in total. The van der Waals surface area contributed by atoms with Crippen molar-refractivity contribution >= 4 is 15.9 Å². The minimum Gasteiger partial charge on any atom is -0.327 e. The van der Waals surface area contributed by atoms with Crippen molar-refractivity contribution in [3.63, 3.8) is 0 Å². The Morgan fingerprint density at radius 3 is 2.58 bits per heavy atom. The van der Waals surface area contributed by atoms with Gasteiger partial charge in [-0.05, 0) is 48.8 Å². The fraction of sp³-hybridized carbons (Fsp3) is 0.625. The SMILES string of the molecule is CCC1CCC(C(N)Cc2ccc(Br)cc2F)CC1. The predicted molar refractivity (Wildman–Crippen MR) is 81.5 cm³/mol. The van der Waals surface area contributed by atoms with E-state index in [4.69, 9.17) is 5.73 Å². The van der Waals surface area contributed by atoms with Crippen molar-refractivity contribution in [1.29, 1.82) is 0 Å². The molecule has 1 unspecified atom stereocenters. The summed E-state index contributed by atoms with van der Waals surface area (Å²) < 4.78 is 14.6. The summed E-state index contributed by atoms with van der Waals surface area (Å²) >= 11 is 3.28. The van der Waals surface area contributed by atoms with Crippen LogP contribution in [0.3, 0.4) is 0 Å². The topological polar surface area (TPSA) is 26.0 Å². The van der Waals surface area contributed by atoms with Crippen LogP contribution in [0.1, 0.15) is 44.6 Å². The van der Waals surface area contributed by atoms with Gasteiger partial charge in [0.25, 0.3) is 0 Å². The van der Waals surface area contributed by atoms with Crippen LogP contribution in [-0.2, 0) is 6.42 Å². The van der Waals surface area contributed by atoms with Gasteiger partial charge in [0.1, 0.15) is 5.82 Å². The Hall–Kier alpha value is -0.410. The maximum absolute atomic E-state index is 13.8. The van der Waals surface area contributed by atoms with E-state index in [1.807, 2.05) is 12.1 Å². The van der Waals surface area contributed by atoms with E-state index >= 15 is 0 Å². The smallest absolute Gasteiger partial charge is 0.127 e. The molecule has 0 radical (unpaired) electrons. The van der Waals surface area contributed by atoms with Crippen LogP contribution >= 0.6 is 15.9 Å². The molecule has 1 fully saturated rings. The highest BCUT2D eigenvalue weighted by Crippen LogP contribution is 2.33. The van der Waals surface area contributed by atoms with Crippen molar-refractivity contribution in [2.45, 2.75) is 51.5 Å². The zero-order valence-electron chi connectivity index (χ0n) is 11.5. The van der Waals surface area contributed by atoms with Crippen molar-refractivity contribution in [2.24, 2.45) is 17.6 Å². The molecule has 1 atom stereocenters. The molecule has 0 heterocycles. The fourth-order valence-corrected chi connectivity index (χ4v) is 3.47. The third kappa shape index (κ3) is 4.03. The van der Waals surface area contributed by atoms with Gasteiger partial charge < -0.3 is 5.73 Å². The fourth-order valence-electron chi connectivity index (χ4n) is 3.13. The molecule has 0 aliphatic heterocycles. The van der Waals surface area contributed by atoms with E-state index in [-0.39, 0.29) is 11.9 Å². The Morgan fingerprint density at radius 1 is 1.32 bits per heavy atom. The van der Waals surface area contributed by atoms with Gasteiger partial charge in [-0.2, -0.15) is 0 Å². The monoisotopic (exact) mass is 327 g/mol. The molecule has 0 amide bonds. The minimum absolute atomic E-state index is 0.0912.